The van der Waals surface area contributed by atoms with Crippen LogP contribution in [0.1, 0.15) is 34.7 Å². The average molecular weight is 610 g/mol. The molecule has 1 fully saturated rings. The molecule has 2 amide bonds. The van der Waals surface area contributed by atoms with Crippen molar-refractivity contribution in [3.63, 3.8) is 0 Å². The smallest absolute Gasteiger partial charge is 0.293 e. The molecule has 0 saturated carbocycles. The number of imide groups is 1. The molecular weight excluding hydrogens is 587 g/mol. The maximum absolute atomic E-state index is 13.0. The summed E-state index contributed by atoms with van der Waals surface area (Å²) in [6.45, 7) is 4.76. The number of rotatable bonds is 8. The number of aryl methyl sites for hydroxylation is 1. The molecule has 0 bridgehead atoms. The van der Waals surface area contributed by atoms with Crippen LogP contribution in [0.25, 0.3) is 6.08 Å². The van der Waals surface area contributed by atoms with Crippen LogP contribution in [0, 0.1) is 21.8 Å². The number of ether oxygens (including phenoxy) is 2. The van der Waals surface area contributed by atoms with Crippen LogP contribution in [0.2, 0.25) is 0 Å². The summed E-state index contributed by atoms with van der Waals surface area (Å²) in [5.41, 5.74) is 4.09. The summed E-state index contributed by atoms with van der Waals surface area (Å²) in [5, 5.41) is 9.05. The predicted octanol–water partition coefficient (Wildman–Crippen LogP) is 6.69. The van der Waals surface area contributed by atoms with E-state index in [9.17, 15) is 14.9 Å². The number of thioether (sulfide) groups is 1. The van der Waals surface area contributed by atoms with Crippen molar-refractivity contribution in [2.45, 2.75) is 27.0 Å². The van der Waals surface area contributed by atoms with E-state index in [0.717, 1.165) is 37.6 Å². The fraction of sp³-hybridized carbons (Fsp3) is 0.179. The highest BCUT2D eigenvalue weighted by Gasteiger charge is 2.35. The Morgan fingerprint density at radius 3 is 2.56 bits per heavy atom. The molecule has 182 valence electrons. The number of nitriles is 1. The first-order chi connectivity index (χ1) is 17.4. The molecule has 0 spiro atoms. The highest BCUT2D eigenvalue weighted by Crippen LogP contribution is 2.38. The third-order valence-electron chi connectivity index (χ3n) is 5.47. The lowest BCUT2D eigenvalue weighted by molar-refractivity contribution is -0.123. The molecule has 3 aromatic rings. The van der Waals surface area contributed by atoms with Crippen molar-refractivity contribution in [1.29, 1.82) is 5.26 Å². The Morgan fingerprint density at radius 2 is 1.83 bits per heavy atom. The van der Waals surface area contributed by atoms with Crippen LogP contribution in [-0.2, 0) is 17.9 Å². The number of halogens is 1. The number of carbonyl (C=O) groups excluding carboxylic acids is 2. The molecule has 8 heteroatoms. The third-order valence-corrected chi connectivity index (χ3v) is 7.18. The molecule has 6 nitrogen and oxygen atoms in total. The van der Waals surface area contributed by atoms with Crippen LogP contribution in [0.15, 0.2) is 65.6 Å². The van der Waals surface area contributed by atoms with Crippen LogP contribution >= 0.6 is 34.4 Å². The van der Waals surface area contributed by atoms with Gasteiger partial charge in [-0.25, -0.2) is 0 Å². The molecule has 0 aliphatic carbocycles. The van der Waals surface area contributed by atoms with Gasteiger partial charge in [0, 0.05) is 5.56 Å². The van der Waals surface area contributed by atoms with Gasteiger partial charge in [0.15, 0.2) is 11.5 Å². The lowest BCUT2D eigenvalue weighted by Gasteiger charge is -2.15. The maximum atomic E-state index is 13.0. The second-order valence-corrected chi connectivity index (χ2v) is 10.2. The van der Waals surface area contributed by atoms with Crippen molar-refractivity contribution in [2.24, 2.45) is 0 Å². The summed E-state index contributed by atoms with van der Waals surface area (Å²) in [4.78, 5) is 27.2. The first kappa shape index (κ1) is 25.8. The number of hydrogen-bond acceptors (Lipinski definition) is 6. The van der Waals surface area contributed by atoms with E-state index in [2.05, 4.69) is 28.7 Å². The van der Waals surface area contributed by atoms with Crippen LogP contribution < -0.4 is 9.47 Å². The minimum Gasteiger partial charge on any atom is -0.490 e. The second-order valence-electron chi connectivity index (χ2n) is 8.07. The molecule has 1 heterocycles. The van der Waals surface area contributed by atoms with E-state index in [4.69, 9.17) is 9.47 Å². The van der Waals surface area contributed by atoms with Gasteiger partial charge in [-0.2, -0.15) is 5.26 Å². The van der Waals surface area contributed by atoms with Crippen molar-refractivity contribution < 1.29 is 19.1 Å². The van der Waals surface area contributed by atoms with Gasteiger partial charge >= 0.3 is 0 Å². The topological polar surface area (TPSA) is 79.6 Å². The Bertz CT molecular complexity index is 1380. The molecule has 36 heavy (non-hydrogen) atoms. The molecule has 3 aromatic carbocycles. The van der Waals surface area contributed by atoms with E-state index in [1.54, 1.807) is 18.2 Å². The molecule has 1 saturated heterocycles. The number of nitrogens with zero attached hydrogens (tertiary/aromatic N) is 2. The Morgan fingerprint density at radius 1 is 1.08 bits per heavy atom. The lowest BCUT2D eigenvalue weighted by Crippen LogP contribution is -2.27. The number of benzene rings is 3. The Labute approximate surface area is 228 Å². The normalized spacial score (nSPS) is 14.3. The van der Waals surface area contributed by atoms with Gasteiger partial charge < -0.3 is 9.47 Å². The molecule has 1 aliphatic rings. The van der Waals surface area contributed by atoms with Crippen LogP contribution in [0.3, 0.4) is 0 Å². The maximum Gasteiger partial charge on any atom is 0.293 e. The number of hydrogen-bond donors (Lipinski definition) is 0. The van der Waals surface area contributed by atoms with Crippen molar-refractivity contribution in [2.75, 3.05) is 6.61 Å². The van der Waals surface area contributed by atoms with Crippen molar-refractivity contribution in [1.82, 2.24) is 4.90 Å². The van der Waals surface area contributed by atoms with Gasteiger partial charge in [-0.05, 0) is 83.6 Å². The quantitative estimate of drug-likeness (QED) is 0.209. The minimum atomic E-state index is -0.313. The molecule has 1 aliphatic heterocycles. The lowest BCUT2D eigenvalue weighted by atomic mass is 10.1. The third kappa shape index (κ3) is 5.91. The van der Waals surface area contributed by atoms with Gasteiger partial charge in [0.05, 0.1) is 33.3 Å². The molecule has 0 radical (unpaired) electrons. The van der Waals surface area contributed by atoms with Crippen LogP contribution in [0.4, 0.5) is 4.79 Å². The minimum absolute atomic E-state index is 0.219. The zero-order valence-electron chi connectivity index (χ0n) is 19.8. The molecule has 0 aromatic heterocycles. The number of amides is 2. The van der Waals surface area contributed by atoms with Gasteiger partial charge in [-0.3, -0.25) is 14.5 Å². The highest BCUT2D eigenvalue weighted by atomic mass is 127. The monoisotopic (exact) mass is 610 g/mol. The second kappa shape index (κ2) is 11.6. The summed E-state index contributed by atoms with van der Waals surface area (Å²) in [7, 11) is 0. The van der Waals surface area contributed by atoms with E-state index in [1.165, 1.54) is 4.90 Å². The van der Waals surface area contributed by atoms with E-state index in [0.29, 0.717) is 28.6 Å². The zero-order valence-corrected chi connectivity index (χ0v) is 22.8. The predicted molar refractivity (Wildman–Crippen MR) is 149 cm³/mol. The first-order valence-electron chi connectivity index (χ1n) is 11.3. The number of carbonyl (C=O) groups is 2. The van der Waals surface area contributed by atoms with Crippen molar-refractivity contribution in [3.8, 4) is 17.6 Å². The standard InChI is InChI=1S/C28H23IN2O4S/c1-3-34-24-13-20(12-23(29)26(24)35-17-22-7-5-4-6-21(22)15-30)14-25-27(32)31(28(33)36-25)16-19-10-8-18(2)9-11-19/h4-14H,3,16-17H2,1-2H3/b25-14-. The van der Waals surface area contributed by atoms with Gasteiger partial charge in [0.25, 0.3) is 11.1 Å². The molecule has 4 rings (SSSR count). The summed E-state index contributed by atoms with van der Waals surface area (Å²) >= 11 is 3.09. The molecule has 0 atom stereocenters. The average Bonchev–Trinajstić information content (AvgIpc) is 3.12. The Kier molecular flexibility index (Phi) is 8.33. The summed E-state index contributed by atoms with van der Waals surface area (Å²) in [6, 6.07) is 20.9. The van der Waals surface area contributed by atoms with Gasteiger partial charge in [-0.15, -0.1) is 0 Å². The fourth-order valence-corrected chi connectivity index (χ4v) is 5.26. The Hall–Kier alpha value is -3.29. The fourth-order valence-electron chi connectivity index (χ4n) is 3.64. The SMILES string of the molecule is CCOc1cc(/C=C2\SC(=O)N(Cc3ccc(C)cc3)C2=O)cc(I)c1OCc1ccccc1C#N. The molecular formula is C28H23IN2O4S. The van der Waals surface area contributed by atoms with Gasteiger partial charge in [-0.1, -0.05) is 48.0 Å². The molecule has 0 unspecified atom stereocenters. The largest absolute Gasteiger partial charge is 0.490 e. The summed E-state index contributed by atoms with van der Waals surface area (Å²) in [5.74, 6) is 0.783. The van der Waals surface area contributed by atoms with Gasteiger partial charge in [0.2, 0.25) is 0 Å². The van der Waals surface area contributed by atoms with Crippen molar-refractivity contribution >= 4 is 51.6 Å². The summed E-state index contributed by atoms with van der Waals surface area (Å²) < 4.78 is 12.7. The van der Waals surface area contributed by atoms with E-state index >= 15 is 0 Å². The van der Waals surface area contributed by atoms with Crippen LogP contribution in [-0.4, -0.2) is 22.7 Å². The zero-order chi connectivity index (χ0) is 25.7. The van der Waals surface area contributed by atoms with E-state index in [1.807, 2.05) is 62.4 Å². The summed E-state index contributed by atoms with van der Waals surface area (Å²) in [6.07, 6.45) is 1.71. The van der Waals surface area contributed by atoms with E-state index < -0.39 is 0 Å². The van der Waals surface area contributed by atoms with Crippen molar-refractivity contribution in [3.05, 3.63) is 97.0 Å². The van der Waals surface area contributed by atoms with Gasteiger partial charge in [0.1, 0.15) is 6.61 Å². The van der Waals surface area contributed by atoms with Crippen LogP contribution in [0.5, 0.6) is 11.5 Å². The Balaban J connectivity index is 1.56. The van der Waals surface area contributed by atoms with E-state index in [-0.39, 0.29) is 24.3 Å². The first-order valence-corrected chi connectivity index (χ1v) is 13.2. The highest BCUT2D eigenvalue weighted by molar-refractivity contribution is 14.1. The molecule has 0 N–H and O–H groups in total.